The van der Waals surface area contributed by atoms with Crippen LogP contribution in [0.1, 0.15) is 36.8 Å². The molecule has 0 saturated heterocycles. The highest BCUT2D eigenvalue weighted by Crippen LogP contribution is 2.30. The first-order valence-electron chi connectivity index (χ1n) is 9.05. The highest BCUT2D eigenvalue weighted by atomic mass is 16.6. The first-order valence-corrected chi connectivity index (χ1v) is 9.05. The van der Waals surface area contributed by atoms with Crippen LogP contribution >= 0.6 is 0 Å². The Morgan fingerprint density at radius 3 is 2.58 bits per heavy atom. The quantitative estimate of drug-likeness (QED) is 0.367. The van der Waals surface area contributed by atoms with Gasteiger partial charge >= 0.3 is 0 Å². The van der Waals surface area contributed by atoms with Crippen molar-refractivity contribution in [3.63, 3.8) is 0 Å². The Bertz CT molecular complexity index is 1220. The van der Waals surface area contributed by atoms with Crippen molar-refractivity contribution >= 4 is 29.1 Å². The molecule has 1 aliphatic rings. The molecule has 0 radical (unpaired) electrons. The largest absolute Gasteiger partial charge is 0.495 e. The number of rotatable bonds is 6. The van der Waals surface area contributed by atoms with Crippen molar-refractivity contribution in [2.75, 3.05) is 12.4 Å². The van der Waals surface area contributed by atoms with Gasteiger partial charge in [-0.05, 0) is 36.4 Å². The number of furan rings is 1. The standard InChI is InChI=1S/C21H15N3O7/c1-30-18-7-5-13(24(28)29)10-17(18)22-19(25)12-4-6-15-16(9-12)21(27)23(20(15)26)11-14-3-2-8-31-14/h2-10H,11H2,1H3,(H,22,25). The third kappa shape index (κ3) is 3.62. The van der Waals surface area contributed by atoms with E-state index in [0.29, 0.717) is 5.76 Å². The molecule has 3 aromatic rings. The van der Waals surface area contributed by atoms with Crippen LogP contribution in [0.5, 0.6) is 5.75 Å². The number of fused-ring (bicyclic) bond motifs is 1. The highest BCUT2D eigenvalue weighted by molar-refractivity contribution is 6.22. The van der Waals surface area contributed by atoms with E-state index in [4.69, 9.17) is 9.15 Å². The van der Waals surface area contributed by atoms with Gasteiger partial charge in [0.1, 0.15) is 11.5 Å². The number of carbonyl (C=O) groups excluding carboxylic acids is 3. The number of benzene rings is 2. The molecule has 4 rings (SSSR count). The van der Waals surface area contributed by atoms with E-state index in [2.05, 4.69) is 5.32 Å². The minimum atomic E-state index is -0.619. The number of carbonyl (C=O) groups is 3. The predicted octanol–water partition coefficient (Wildman–Crippen LogP) is 3.24. The predicted molar refractivity (Wildman–Crippen MR) is 107 cm³/mol. The molecule has 2 heterocycles. The Balaban J connectivity index is 1.59. The average molecular weight is 421 g/mol. The SMILES string of the molecule is COc1ccc([N+](=O)[O-])cc1NC(=O)c1ccc2c(c1)C(=O)N(Cc1ccco1)C2=O. The molecule has 0 fully saturated rings. The van der Waals surface area contributed by atoms with Crippen LogP contribution in [0.4, 0.5) is 11.4 Å². The Labute approximate surface area is 175 Å². The number of nitro groups is 1. The number of anilines is 1. The van der Waals surface area contributed by atoms with E-state index in [0.717, 1.165) is 4.90 Å². The van der Waals surface area contributed by atoms with Crippen LogP contribution in [-0.4, -0.2) is 34.7 Å². The molecule has 31 heavy (non-hydrogen) atoms. The summed E-state index contributed by atoms with van der Waals surface area (Å²) in [6, 6.07) is 11.2. The van der Waals surface area contributed by atoms with Gasteiger partial charge in [0, 0.05) is 17.7 Å². The van der Waals surface area contributed by atoms with Gasteiger partial charge in [-0.3, -0.25) is 29.4 Å². The lowest BCUT2D eigenvalue weighted by atomic mass is 10.1. The number of nitro benzene ring substituents is 1. The van der Waals surface area contributed by atoms with Crippen LogP contribution in [0.3, 0.4) is 0 Å². The molecule has 0 unspecified atom stereocenters. The number of non-ortho nitro benzene ring substituents is 1. The van der Waals surface area contributed by atoms with Crippen molar-refractivity contribution in [1.82, 2.24) is 4.90 Å². The molecule has 10 heteroatoms. The van der Waals surface area contributed by atoms with E-state index in [1.165, 1.54) is 49.8 Å². The molecule has 1 aromatic heterocycles. The molecule has 1 aliphatic heterocycles. The van der Waals surface area contributed by atoms with E-state index in [9.17, 15) is 24.5 Å². The lowest BCUT2D eigenvalue weighted by Gasteiger charge is -2.11. The van der Waals surface area contributed by atoms with Gasteiger partial charge in [0.15, 0.2) is 0 Å². The van der Waals surface area contributed by atoms with E-state index < -0.39 is 22.6 Å². The zero-order valence-electron chi connectivity index (χ0n) is 16.2. The third-order valence-corrected chi connectivity index (χ3v) is 4.77. The van der Waals surface area contributed by atoms with Crippen molar-refractivity contribution in [2.45, 2.75) is 6.54 Å². The summed E-state index contributed by atoms with van der Waals surface area (Å²) in [7, 11) is 1.37. The fourth-order valence-electron chi connectivity index (χ4n) is 3.24. The number of hydrogen-bond acceptors (Lipinski definition) is 7. The minimum absolute atomic E-state index is 0.0221. The lowest BCUT2D eigenvalue weighted by Crippen LogP contribution is -2.28. The van der Waals surface area contributed by atoms with Gasteiger partial charge in [0.25, 0.3) is 23.4 Å². The van der Waals surface area contributed by atoms with E-state index in [1.54, 1.807) is 12.1 Å². The number of amides is 3. The van der Waals surface area contributed by atoms with Crippen molar-refractivity contribution in [3.8, 4) is 5.75 Å². The maximum absolute atomic E-state index is 12.7. The van der Waals surface area contributed by atoms with Crippen molar-refractivity contribution in [2.24, 2.45) is 0 Å². The van der Waals surface area contributed by atoms with Crippen LogP contribution in [0.25, 0.3) is 0 Å². The summed E-state index contributed by atoms with van der Waals surface area (Å²) in [6.45, 7) is -0.0221. The van der Waals surface area contributed by atoms with Crippen molar-refractivity contribution in [3.05, 3.63) is 87.4 Å². The number of hydrogen-bond donors (Lipinski definition) is 1. The molecule has 156 valence electrons. The summed E-state index contributed by atoms with van der Waals surface area (Å²) in [6.07, 6.45) is 1.44. The molecule has 0 atom stereocenters. The van der Waals surface area contributed by atoms with Gasteiger partial charge in [-0.1, -0.05) is 0 Å². The highest BCUT2D eigenvalue weighted by Gasteiger charge is 2.36. The minimum Gasteiger partial charge on any atom is -0.495 e. The molecular weight excluding hydrogens is 406 g/mol. The maximum Gasteiger partial charge on any atom is 0.271 e. The van der Waals surface area contributed by atoms with Crippen molar-refractivity contribution in [1.29, 1.82) is 0 Å². The molecule has 10 nitrogen and oxygen atoms in total. The van der Waals surface area contributed by atoms with Gasteiger partial charge in [-0.25, -0.2) is 0 Å². The number of nitrogens with one attached hydrogen (secondary N) is 1. The number of ether oxygens (including phenoxy) is 1. The number of nitrogens with zero attached hydrogens (tertiary/aromatic N) is 2. The van der Waals surface area contributed by atoms with Crippen LogP contribution < -0.4 is 10.1 Å². The first-order chi connectivity index (χ1) is 14.9. The average Bonchev–Trinajstić information content (AvgIpc) is 3.36. The molecule has 0 aliphatic carbocycles. The second-order valence-electron chi connectivity index (χ2n) is 6.63. The lowest BCUT2D eigenvalue weighted by molar-refractivity contribution is -0.384. The van der Waals surface area contributed by atoms with Gasteiger partial charge < -0.3 is 14.5 Å². The molecule has 1 N–H and O–H groups in total. The van der Waals surface area contributed by atoms with Crippen LogP contribution in [0.2, 0.25) is 0 Å². The molecule has 0 saturated carbocycles. The van der Waals surface area contributed by atoms with Gasteiger partial charge in [0.05, 0.1) is 41.7 Å². The number of methoxy groups -OCH3 is 1. The smallest absolute Gasteiger partial charge is 0.271 e. The van der Waals surface area contributed by atoms with Crippen LogP contribution in [-0.2, 0) is 6.54 Å². The van der Waals surface area contributed by atoms with Crippen LogP contribution in [0, 0.1) is 10.1 Å². The number of imide groups is 1. The summed E-state index contributed by atoms with van der Waals surface area (Å²) < 4.78 is 10.3. The van der Waals surface area contributed by atoms with E-state index in [1.807, 2.05) is 0 Å². The van der Waals surface area contributed by atoms with Gasteiger partial charge in [0.2, 0.25) is 0 Å². The molecular formula is C21H15N3O7. The summed E-state index contributed by atoms with van der Waals surface area (Å²) in [4.78, 5) is 49.5. The summed E-state index contributed by atoms with van der Waals surface area (Å²) in [5.41, 5.74) is 0.257. The zero-order chi connectivity index (χ0) is 22.1. The summed E-state index contributed by atoms with van der Waals surface area (Å²) in [5.74, 6) is -0.963. The van der Waals surface area contributed by atoms with Crippen LogP contribution in [0.15, 0.2) is 59.2 Å². The Kier molecular flexibility index (Phi) is 4.96. The topological polar surface area (TPSA) is 132 Å². The Morgan fingerprint density at radius 1 is 1.13 bits per heavy atom. The fourth-order valence-corrected chi connectivity index (χ4v) is 3.24. The van der Waals surface area contributed by atoms with E-state index >= 15 is 0 Å². The van der Waals surface area contributed by atoms with Gasteiger partial charge in [-0.2, -0.15) is 0 Å². The Hall–Kier alpha value is -4.47. The van der Waals surface area contributed by atoms with E-state index in [-0.39, 0.29) is 40.4 Å². The van der Waals surface area contributed by atoms with Crippen molar-refractivity contribution < 1.29 is 28.5 Å². The maximum atomic E-state index is 12.7. The molecule has 3 amide bonds. The second-order valence-corrected chi connectivity index (χ2v) is 6.63. The monoisotopic (exact) mass is 421 g/mol. The molecule has 2 aromatic carbocycles. The summed E-state index contributed by atoms with van der Waals surface area (Å²) >= 11 is 0. The normalized spacial score (nSPS) is 12.6. The third-order valence-electron chi connectivity index (χ3n) is 4.77. The Morgan fingerprint density at radius 2 is 1.90 bits per heavy atom. The summed E-state index contributed by atoms with van der Waals surface area (Å²) in [5, 5.41) is 13.6. The first kappa shape index (κ1) is 19.8. The second kappa shape index (κ2) is 7.75. The molecule has 0 spiro atoms. The zero-order valence-corrected chi connectivity index (χ0v) is 16.2. The molecule has 0 bridgehead atoms. The fraction of sp³-hybridized carbons (Fsp3) is 0.0952. The van der Waals surface area contributed by atoms with Gasteiger partial charge in [-0.15, -0.1) is 0 Å².